The topological polar surface area (TPSA) is 75.7 Å². The fourth-order valence-electron chi connectivity index (χ4n) is 2.01. The van der Waals surface area contributed by atoms with Crippen LogP contribution in [0.25, 0.3) is 11.2 Å². The third-order valence-corrected chi connectivity index (χ3v) is 3.03. The summed E-state index contributed by atoms with van der Waals surface area (Å²) in [5, 5.41) is 3.29. The predicted octanol–water partition coefficient (Wildman–Crippen LogP) is 2.28. The first-order valence-electron chi connectivity index (χ1n) is 6.30. The fraction of sp³-hybridized carbons (Fsp3) is 0.214. The zero-order chi connectivity index (χ0) is 13.9. The molecule has 0 aliphatic heterocycles. The molecule has 102 valence electrons. The highest BCUT2D eigenvalue weighted by Crippen LogP contribution is 2.18. The van der Waals surface area contributed by atoms with Gasteiger partial charge in [-0.25, -0.2) is 15.0 Å². The van der Waals surface area contributed by atoms with Gasteiger partial charge in [-0.05, 0) is 24.6 Å². The first kappa shape index (κ1) is 12.4. The number of fused-ring (bicyclic) bond motifs is 1. The maximum absolute atomic E-state index is 5.14. The summed E-state index contributed by atoms with van der Waals surface area (Å²) in [6.07, 6.45) is 1.51. The molecule has 2 heterocycles. The second-order valence-electron chi connectivity index (χ2n) is 4.44. The number of anilines is 1. The molecule has 1 aromatic carbocycles. The first-order chi connectivity index (χ1) is 9.76. The Morgan fingerprint density at radius 2 is 2.00 bits per heavy atom. The Balaban J connectivity index is 1.79. The van der Waals surface area contributed by atoms with E-state index in [1.54, 1.807) is 7.11 Å². The number of nitrogens with one attached hydrogen (secondary N) is 2. The molecule has 0 unspecified atom stereocenters. The van der Waals surface area contributed by atoms with Crippen LogP contribution in [0.1, 0.15) is 11.4 Å². The summed E-state index contributed by atoms with van der Waals surface area (Å²) in [7, 11) is 1.66. The van der Waals surface area contributed by atoms with Gasteiger partial charge in [0.05, 0.1) is 7.11 Å². The van der Waals surface area contributed by atoms with Gasteiger partial charge in [0.15, 0.2) is 11.5 Å². The molecule has 20 heavy (non-hydrogen) atoms. The molecular weight excluding hydrogens is 254 g/mol. The van der Waals surface area contributed by atoms with Gasteiger partial charge in [-0.3, -0.25) is 0 Å². The van der Waals surface area contributed by atoms with Crippen LogP contribution in [0.15, 0.2) is 30.6 Å². The molecular formula is C14H15N5O. The first-order valence-corrected chi connectivity index (χ1v) is 6.30. The van der Waals surface area contributed by atoms with Gasteiger partial charge < -0.3 is 15.0 Å². The monoisotopic (exact) mass is 269 g/mol. The van der Waals surface area contributed by atoms with Crippen LogP contribution >= 0.6 is 0 Å². The zero-order valence-corrected chi connectivity index (χ0v) is 11.3. The van der Waals surface area contributed by atoms with Crippen LogP contribution in [0.3, 0.4) is 0 Å². The van der Waals surface area contributed by atoms with Crippen LogP contribution in [-0.4, -0.2) is 27.0 Å². The van der Waals surface area contributed by atoms with E-state index < -0.39 is 0 Å². The average molecular weight is 269 g/mol. The SMILES string of the molecule is COc1ccc(CNc2ncnc3nc(C)[nH]c23)cc1. The molecule has 0 atom stereocenters. The summed E-state index contributed by atoms with van der Waals surface area (Å²) in [4.78, 5) is 15.8. The summed E-state index contributed by atoms with van der Waals surface area (Å²) < 4.78 is 5.14. The Labute approximate surface area is 116 Å². The minimum Gasteiger partial charge on any atom is -0.497 e. The number of aryl methyl sites for hydroxylation is 1. The Morgan fingerprint density at radius 3 is 2.75 bits per heavy atom. The largest absolute Gasteiger partial charge is 0.497 e. The molecule has 0 saturated carbocycles. The minimum absolute atomic E-state index is 0.675. The van der Waals surface area contributed by atoms with E-state index in [1.807, 2.05) is 31.2 Å². The van der Waals surface area contributed by atoms with E-state index in [1.165, 1.54) is 6.33 Å². The van der Waals surface area contributed by atoms with E-state index in [0.29, 0.717) is 12.2 Å². The number of aromatic nitrogens is 4. The fourth-order valence-corrected chi connectivity index (χ4v) is 2.01. The summed E-state index contributed by atoms with van der Waals surface area (Å²) in [6, 6.07) is 7.91. The molecule has 0 bridgehead atoms. The molecule has 3 aromatic rings. The molecule has 0 aliphatic carbocycles. The lowest BCUT2D eigenvalue weighted by molar-refractivity contribution is 0.414. The number of H-pyrrole nitrogens is 1. The Morgan fingerprint density at radius 1 is 1.20 bits per heavy atom. The van der Waals surface area contributed by atoms with Gasteiger partial charge in [0, 0.05) is 6.54 Å². The molecule has 0 fully saturated rings. The summed E-state index contributed by atoms with van der Waals surface area (Å²) in [5.74, 6) is 2.43. The van der Waals surface area contributed by atoms with Crippen LogP contribution in [-0.2, 0) is 6.54 Å². The van der Waals surface area contributed by atoms with Gasteiger partial charge in [-0.15, -0.1) is 0 Å². The smallest absolute Gasteiger partial charge is 0.183 e. The van der Waals surface area contributed by atoms with E-state index in [2.05, 4.69) is 25.3 Å². The molecule has 6 heteroatoms. The van der Waals surface area contributed by atoms with Crippen LogP contribution in [0, 0.1) is 6.92 Å². The van der Waals surface area contributed by atoms with Crippen molar-refractivity contribution in [1.29, 1.82) is 0 Å². The predicted molar refractivity (Wildman–Crippen MR) is 76.7 cm³/mol. The third-order valence-electron chi connectivity index (χ3n) is 3.03. The number of ether oxygens (including phenoxy) is 1. The van der Waals surface area contributed by atoms with E-state index in [0.717, 1.165) is 28.5 Å². The second kappa shape index (κ2) is 5.16. The lowest BCUT2D eigenvalue weighted by Gasteiger charge is -2.06. The lowest BCUT2D eigenvalue weighted by atomic mass is 10.2. The molecule has 0 saturated heterocycles. The van der Waals surface area contributed by atoms with Crippen molar-refractivity contribution in [1.82, 2.24) is 19.9 Å². The number of methoxy groups -OCH3 is 1. The van der Waals surface area contributed by atoms with Crippen LogP contribution < -0.4 is 10.1 Å². The highest BCUT2D eigenvalue weighted by molar-refractivity contribution is 5.82. The number of imidazole rings is 1. The molecule has 0 amide bonds. The normalized spacial score (nSPS) is 10.7. The number of nitrogens with zero attached hydrogens (tertiary/aromatic N) is 3. The van der Waals surface area contributed by atoms with Crippen molar-refractivity contribution in [2.24, 2.45) is 0 Å². The van der Waals surface area contributed by atoms with E-state index in [-0.39, 0.29) is 0 Å². The van der Waals surface area contributed by atoms with Gasteiger partial charge in [0.2, 0.25) is 0 Å². The van der Waals surface area contributed by atoms with Crippen LogP contribution in [0.2, 0.25) is 0 Å². The second-order valence-corrected chi connectivity index (χ2v) is 4.44. The number of rotatable bonds is 4. The van der Waals surface area contributed by atoms with E-state index in [4.69, 9.17) is 4.74 Å². The number of aromatic amines is 1. The molecule has 0 aliphatic rings. The molecule has 0 spiro atoms. The zero-order valence-electron chi connectivity index (χ0n) is 11.3. The Hall–Kier alpha value is -2.63. The van der Waals surface area contributed by atoms with E-state index >= 15 is 0 Å². The van der Waals surface area contributed by atoms with Crippen molar-refractivity contribution in [3.63, 3.8) is 0 Å². The summed E-state index contributed by atoms with van der Waals surface area (Å²) >= 11 is 0. The Bertz CT molecular complexity index is 720. The molecule has 0 radical (unpaired) electrons. The number of hydrogen-bond donors (Lipinski definition) is 2. The van der Waals surface area contributed by atoms with Gasteiger partial charge in [0.25, 0.3) is 0 Å². The maximum atomic E-state index is 5.14. The quantitative estimate of drug-likeness (QED) is 0.760. The lowest BCUT2D eigenvalue weighted by Crippen LogP contribution is -2.02. The van der Waals surface area contributed by atoms with Crippen molar-refractivity contribution < 1.29 is 4.74 Å². The maximum Gasteiger partial charge on any atom is 0.183 e. The molecule has 2 N–H and O–H groups in total. The third kappa shape index (κ3) is 2.40. The van der Waals surface area contributed by atoms with Crippen molar-refractivity contribution >= 4 is 17.0 Å². The summed E-state index contributed by atoms with van der Waals surface area (Å²) in [6.45, 7) is 2.57. The standard InChI is InChI=1S/C14H15N5O/c1-9-18-12-13(16-8-17-14(12)19-9)15-7-10-3-5-11(20-2)6-4-10/h3-6,8H,7H2,1-2H3,(H2,15,16,17,18,19). The van der Waals surface area contributed by atoms with Gasteiger partial charge in [-0.2, -0.15) is 0 Å². The van der Waals surface area contributed by atoms with Gasteiger partial charge >= 0.3 is 0 Å². The van der Waals surface area contributed by atoms with Crippen molar-refractivity contribution in [2.75, 3.05) is 12.4 Å². The number of hydrogen-bond acceptors (Lipinski definition) is 5. The minimum atomic E-state index is 0.675. The van der Waals surface area contributed by atoms with E-state index in [9.17, 15) is 0 Å². The highest BCUT2D eigenvalue weighted by Gasteiger charge is 2.07. The van der Waals surface area contributed by atoms with Crippen LogP contribution in [0.5, 0.6) is 5.75 Å². The van der Waals surface area contributed by atoms with Crippen molar-refractivity contribution in [3.8, 4) is 5.75 Å². The summed E-state index contributed by atoms with van der Waals surface area (Å²) in [5.41, 5.74) is 2.65. The molecule has 6 nitrogen and oxygen atoms in total. The van der Waals surface area contributed by atoms with Crippen molar-refractivity contribution in [3.05, 3.63) is 42.0 Å². The van der Waals surface area contributed by atoms with Gasteiger partial charge in [0.1, 0.15) is 23.4 Å². The molecule has 2 aromatic heterocycles. The van der Waals surface area contributed by atoms with Crippen molar-refractivity contribution in [2.45, 2.75) is 13.5 Å². The molecule has 3 rings (SSSR count). The average Bonchev–Trinajstić information content (AvgIpc) is 2.86. The Kier molecular flexibility index (Phi) is 3.20. The number of benzene rings is 1. The highest BCUT2D eigenvalue weighted by atomic mass is 16.5. The van der Waals surface area contributed by atoms with Crippen LogP contribution in [0.4, 0.5) is 5.82 Å². The van der Waals surface area contributed by atoms with Gasteiger partial charge in [-0.1, -0.05) is 12.1 Å².